The minimum atomic E-state index is 0. The molecular formula is H5AlGaInO2Zr. The summed E-state index contributed by atoms with van der Waals surface area (Å²) in [5.41, 5.74) is 0. The zero-order valence-electron chi connectivity index (χ0n) is 2.73. The molecule has 6 heteroatoms. The average Bonchev–Trinajstić information content (AvgIpc) is 1.50. The van der Waals surface area contributed by atoms with E-state index in [0.29, 0.717) is 16.2 Å². The first-order valence-electron chi connectivity index (χ1n) is 0.577. The summed E-state index contributed by atoms with van der Waals surface area (Å²) >= 11 is 0.736. The van der Waals surface area contributed by atoms with Gasteiger partial charge >= 0.3 is 68.0 Å². The van der Waals surface area contributed by atoms with Crippen molar-refractivity contribution >= 4 is 60.6 Å². The SMILES string of the molecule is [InH3].[O]=[AlH].[O]=[GaH].[Zr]. The monoisotopic (exact) mass is 338 g/mol. The summed E-state index contributed by atoms with van der Waals surface area (Å²) in [6.45, 7) is 0. The summed E-state index contributed by atoms with van der Waals surface area (Å²) in [6.07, 6.45) is 0. The largest absolute Gasteiger partial charge is 0 e. The molecule has 0 aromatic rings. The van der Waals surface area contributed by atoms with E-state index in [1.165, 1.54) is 0 Å². The molecule has 0 aromatic carbocycles. The summed E-state index contributed by atoms with van der Waals surface area (Å²) in [5, 5.41) is 0. The van der Waals surface area contributed by atoms with Crippen molar-refractivity contribution in [2.24, 2.45) is 0 Å². The molecule has 2 nitrogen and oxygen atoms in total. The van der Waals surface area contributed by atoms with Gasteiger partial charge in [-0.15, -0.1) is 0 Å². The normalized spacial score (nSPS) is 1.00. The first-order chi connectivity index (χ1) is 2.00. The first-order valence-corrected chi connectivity index (χ1v) is 2.37. The molecule has 0 heterocycles. The Morgan fingerprint density at radius 2 is 1.17 bits per heavy atom. The van der Waals surface area contributed by atoms with Gasteiger partial charge in [0.2, 0.25) is 0 Å². The van der Waals surface area contributed by atoms with E-state index >= 15 is 0 Å². The molecule has 0 spiro atoms. The summed E-state index contributed by atoms with van der Waals surface area (Å²) in [6, 6.07) is 0. The van der Waals surface area contributed by atoms with E-state index in [1.54, 1.807) is 0 Å². The van der Waals surface area contributed by atoms with E-state index < -0.39 is 0 Å². The van der Waals surface area contributed by atoms with Crippen LogP contribution in [0.1, 0.15) is 0 Å². The second-order valence-corrected chi connectivity index (χ2v) is 0. The Bertz CT molecular complexity index is 15.5. The van der Waals surface area contributed by atoms with Gasteiger partial charge in [0.1, 0.15) is 0 Å². The van der Waals surface area contributed by atoms with Crippen molar-refractivity contribution < 1.29 is 33.5 Å². The fraction of sp³-hybridized carbons (Fsp3) is 0. The molecule has 0 saturated heterocycles. The van der Waals surface area contributed by atoms with Gasteiger partial charge in [0.15, 0.2) is 0 Å². The van der Waals surface area contributed by atoms with Crippen LogP contribution in [-0.2, 0) is 33.5 Å². The van der Waals surface area contributed by atoms with Crippen molar-refractivity contribution in [1.82, 2.24) is 0 Å². The van der Waals surface area contributed by atoms with Crippen molar-refractivity contribution in [2.45, 2.75) is 0 Å². The van der Waals surface area contributed by atoms with Crippen LogP contribution in [0.2, 0.25) is 0 Å². The van der Waals surface area contributed by atoms with E-state index in [0.717, 1.165) is 0 Å². The molecule has 0 aliphatic carbocycles. The van der Waals surface area contributed by atoms with Gasteiger partial charge < -0.3 is 0 Å². The van der Waals surface area contributed by atoms with Gasteiger partial charge in [-0.2, -0.15) is 0 Å². The van der Waals surface area contributed by atoms with E-state index in [2.05, 4.69) is 0 Å². The molecule has 0 rings (SSSR count). The Kier molecular flexibility index (Phi) is 198. The van der Waals surface area contributed by atoms with Gasteiger partial charge in [-0.1, -0.05) is 0 Å². The smallest absolute Gasteiger partial charge is 0 e. The van der Waals surface area contributed by atoms with Crippen molar-refractivity contribution in [1.29, 1.82) is 0 Å². The van der Waals surface area contributed by atoms with E-state index in [4.69, 9.17) is 7.34 Å². The van der Waals surface area contributed by atoms with E-state index in [9.17, 15) is 0 Å². The van der Waals surface area contributed by atoms with Crippen molar-refractivity contribution in [2.75, 3.05) is 0 Å². The minimum absolute atomic E-state index is 0. The molecule has 0 radical (unpaired) electrons. The molecular weight excluding hydrogens is 335 g/mol. The Morgan fingerprint density at radius 1 is 1.17 bits per heavy atom. The van der Waals surface area contributed by atoms with Gasteiger partial charge in [0.25, 0.3) is 0 Å². The second-order valence-electron chi connectivity index (χ2n) is 0. The van der Waals surface area contributed by atoms with Crippen LogP contribution >= 0.6 is 0 Å². The molecule has 6 heavy (non-hydrogen) atoms. The summed E-state index contributed by atoms with van der Waals surface area (Å²) in [4.78, 5) is 0. The molecule has 30 valence electrons. The van der Waals surface area contributed by atoms with Crippen molar-refractivity contribution in [3.63, 3.8) is 0 Å². The van der Waals surface area contributed by atoms with E-state index in [-0.39, 0.29) is 70.6 Å². The van der Waals surface area contributed by atoms with Crippen LogP contribution in [0.15, 0.2) is 0 Å². The zero-order chi connectivity index (χ0) is 4.00. The molecule has 0 N–H and O–H groups in total. The molecule has 0 aliphatic rings. The molecule has 0 aliphatic heterocycles. The minimum Gasteiger partial charge on any atom is 0 e. The van der Waals surface area contributed by atoms with Gasteiger partial charge in [-0.05, 0) is 0 Å². The van der Waals surface area contributed by atoms with Crippen molar-refractivity contribution in [3.8, 4) is 0 Å². The van der Waals surface area contributed by atoms with Gasteiger partial charge in [0.05, 0.1) is 0 Å². The number of rotatable bonds is 0. The summed E-state index contributed by atoms with van der Waals surface area (Å²) in [7, 11) is 0. The van der Waals surface area contributed by atoms with Crippen LogP contribution in [-0.4, -0.2) is 60.6 Å². The van der Waals surface area contributed by atoms with Crippen LogP contribution in [0.4, 0.5) is 0 Å². The van der Waals surface area contributed by atoms with E-state index in [1.807, 2.05) is 0 Å². The van der Waals surface area contributed by atoms with Gasteiger partial charge in [0, 0.05) is 26.2 Å². The maximum absolute atomic E-state index is 8.38. The fourth-order valence-electron chi connectivity index (χ4n) is 0. The van der Waals surface area contributed by atoms with Crippen LogP contribution in [0, 0.1) is 0 Å². The maximum atomic E-state index is 8.38. The van der Waals surface area contributed by atoms with Crippen LogP contribution in [0.25, 0.3) is 0 Å². The third-order valence-electron chi connectivity index (χ3n) is 0. The topological polar surface area (TPSA) is 34.1 Å². The average molecular weight is 340 g/mol. The quantitative estimate of drug-likeness (QED) is 0.450. The van der Waals surface area contributed by atoms with Gasteiger partial charge in [-0.25, -0.2) is 0 Å². The van der Waals surface area contributed by atoms with Crippen LogP contribution in [0.3, 0.4) is 0 Å². The molecule has 0 unspecified atom stereocenters. The Balaban J connectivity index is -0.00000000500. The van der Waals surface area contributed by atoms with Gasteiger partial charge in [-0.3, -0.25) is 0 Å². The zero-order valence-corrected chi connectivity index (χ0v) is 9.57. The summed E-state index contributed by atoms with van der Waals surface area (Å²) in [5.74, 6) is 0. The molecule has 0 bridgehead atoms. The third kappa shape index (κ3) is 31.3. The second kappa shape index (κ2) is 50.3. The third-order valence-corrected chi connectivity index (χ3v) is 0. The number of hydrogen-bond donors (Lipinski definition) is 0. The number of hydrogen-bond acceptors (Lipinski definition) is 2. The maximum Gasteiger partial charge on any atom is 0 e. The van der Waals surface area contributed by atoms with Crippen LogP contribution < -0.4 is 0 Å². The van der Waals surface area contributed by atoms with Crippen molar-refractivity contribution in [3.05, 3.63) is 0 Å². The molecule has 0 fully saturated rings. The first kappa shape index (κ1) is 23.6. The Hall–Kier alpha value is 2.52. The molecule has 0 amide bonds. The predicted octanol–water partition coefficient (Wildman–Crippen LogP) is -2.72. The summed E-state index contributed by atoms with van der Waals surface area (Å²) < 4.78 is 16.7. The van der Waals surface area contributed by atoms with Crippen LogP contribution in [0.5, 0.6) is 0 Å². The molecule has 0 aromatic heterocycles. The molecule has 0 saturated carbocycles. The Labute approximate surface area is 92.6 Å². The fourth-order valence-corrected chi connectivity index (χ4v) is 0. The predicted molar refractivity (Wildman–Crippen MR) is 25.6 cm³/mol. The standard InChI is InChI=1S/Al.Ga.In.2O.Zr.5H. The molecule has 0 atom stereocenters. The Morgan fingerprint density at radius 3 is 1.17 bits per heavy atom.